The van der Waals surface area contributed by atoms with Gasteiger partial charge >= 0.3 is 11.8 Å². The standard InChI is InChI=1S/C22H22N4O3/c1-29-18-9-7-17(8-10-18)25-12-14-26(15-13-25)22(28)21(27)24-19-6-2-4-16-5-3-11-23-20(16)19/h2-11H,12-15H2,1H3,(H,24,27). The molecule has 1 saturated heterocycles. The number of hydrogen-bond acceptors (Lipinski definition) is 5. The zero-order chi connectivity index (χ0) is 20.2. The van der Waals surface area contributed by atoms with E-state index in [9.17, 15) is 9.59 Å². The highest BCUT2D eigenvalue weighted by Gasteiger charge is 2.26. The number of rotatable bonds is 3. The molecule has 1 fully saturated rings. The van der Waals surface area contributed by atoms with Gasteiger partial charge in [-0.25, -0.2) is 0 Å². The van der Waals surface area contributed by atoms with E-state index in [1.807, 2.05) is 48.5 Å². The number of pyridine rings is 1. The number of para-hydroxylation sites is 1. The Balaban J connectivity index is 1.38. The van der Waals surface area contributed by atoms with E-state index in [-0.39, 0.29) is 0 Å². The monoisotopic (exact) mass is 390 g/mol. The third-order valence-electron chi connectivity index (χ3n) is 5.08. The van der Waals surface area contributed by atoms with Crippen LogP contribution in [0.15, 0.2) is 60.8 Å². The van der Waals surface area contributed by atoms with Crippen LogP contribution < -0.4 is 15.0 Å². The van der Waals surface area contributed by atoms with Crippen molar-refractivity contribution in [3.8, 4) is 5.75 Å². The molecule has 148 valence electrons. The van der Waals surface area contributed by atoms with Crippen LogP contribution in [0.4, 0.5) is 11.4 Å². The molecule has 0 atom stereocenters. The number of amides is 2. The summed E-state index contributed by atoms with van der Waals surface area (Å²) in [5.41, 5.74) is 2.28. The highest BCUT2D eigenvalue weighted by molar-refractivity contribution is 6.40. The predicted molar refractivity (Wildman–Crippen MR) is 112 cm³/mol. The summed E-state index contributed by atoms with van der Waals surface area (Å²) in [7, 11) is 1.64. The van der Waals surface area contributed by atoms with E-state index >= 15 is 0 Å². The van der Waals surface area contributed by atoms with Crippen LogP contribution in [0.1, 0.15) is 0 Å². The average Bonchev–Trinajstić information content (AvgIpc) is 2.79. The lowest BCUT2D eigenvalue weighted by molar-refractivity contribution is -0.143. The third kappa shape index (κ3) is 3.99. The summed E-state index contributed by atoms with van der Waals surface area (Å²) in [6.45, 7) is 2.32. The minimum Gasteiger partial charge on any atom is -0.497 e. The molecule has 1 aliphatic heterocycles. The highest BCUT2D eigenvalue weighted by Crippen LogP contribution is 2.22. The van der Waals surface area contributed by atoms with Gasteiger partial charge in [0.1, 0.15) is 5.75 Å². The second-order valence-electron chi connectivity index (χ2n) is 6.81. The number of nitrogens with one attached hydrogen (secondary N) is 1. The molecule has 1 N–H and O–H groups in total. The van der Waals surface area contributed by atoms with Gasteiger partial charge < -0.3 is 19.9 Å². The number of piperazine rings is 1. The van der Waals surface area contributed by atoms with Gasteiger partial charge in [-0.2, -0.15) is 0 Å². The fraction of sp³-hybridized carbons (Fsp3) is 0.227. The van der Waals surface area contributed by atoms with E-state index in [0.29, 0.717) is 37.4 Å². The van der Waals surface area contributed by atoms with Crippen LogP contribution in [0.5, 0.6) is 5.75 Å². The Hall–Kier alpha value is -3.61. The van der Waals surface area contributed by atoms with Gasteiger partial charge in [-0.1, -0.05) is 18.2 Å². The molecule has 2 aromatic carbocycles. The third-order valence-corrected chi connectivity index (χ3v) is 5.08. The van der Waals surface area contributed by atoms with Crippen molar-refractivity contribution in [2.75, 3.05) is 43.5 Å². The average molecular weight is 390 g/mol. The number of fused-ring (bicyclic) bond motifs is 1. The molecular weight excluding hydrogens is 368 g/mol. The molecule has 0 unspecified atom stereocenters. The van der Waals surface area contributed by atoms with Crippen molar-refractivity contribution in [2.45, 2.75) is 0 Å². The van der Waals surface area contributed by atoms with Crippen molar-refractivity contribution in [2.24, 2.45) is 0 Å². The number of aromatic nitrogens is 1. The Labute approximate surface area is 168 Å². The van der Waals surface area contributed by atoms with Crippen molar-refractivity contribution < 1.29 is 14.3 Å². The fourth-order valence-corrected chi connectivity index (χ4v) is 3.49. The minimum absolute atomic E-state index is 0.492. The molecule has 0 bridgehead atoms. The van der Waals surface area contributed by atoms with Crippen LogP contribution in [0.3, 0.4) is 0 Å². The largest absolute Gasteiger partial charge is 0.497 e. The molecule has 2 amide bonds. The summed E-state index contributed by atoms with van der Waals surface area (Å²) in [6.07, 6.45) is 1.66. The van der Waals surface area contributed by atoms with Crippen LogP contribution in [-0.4, -0.2) is 55.0 Å². The maximum Gasteiger partial charge on any atom is 0.313 e. The SMILES string of the molecule is COc1ccc(N2CCN(C(=O)C(=O)Nc3cccc4cccnc34)CC2)cc1. The molecule has 1 aromatic heterocycles. The van der Waals surface area contributed by atoms with Gasteiger partial charge in [0.05, 0.1) is 18.3 Å². The number of carbonyl (C=O) groups excluding carboxylic acids is 2. The Bertz CT molecular complexity index is 1020. The van der Waals surface area contributed by atoms with Gasteiger partial charge in [0, 0.05) is 43.4 Å². The van der Waals surface area contributed by atoms with E-state index in [0.717, 1.165) is 16.8 Å². The molecule has 29 heavy (non-hydrogen) atoms. The Kier molecular flexibility index (Phi) is 5.29. The number of benzene rings is 2. The number of hydrogen-bond donors (Lipinski definition) is 1. The Morgan fingerprint density at radius 2 is 1.69 bits per heavy atom. The predicted octanol–water partition coefficient (Wildman–Crippen LogP) is 2.53. The molecule has 0 aliphatic carbocycles. The fourth-order valence-electron chi connectivity index (χ4n) is 3.49. The number of carbonyl (C=O) groups is 2. The van der Waals surface area contributed by atoms with E-state index < -0.39 is 11.8 Å². The highest BCUT2D eigenvalue weighted by atomic mass is 16.5. The first-order valence-corrected chi connectivity index (χ1v) is 9.49. The van der Waals surface area contributed by atoms with Crippen LogP contribution in [0.25, 0.3) is 10.9 Å². The van der Waals surface area contributed by atoms with Crippen molar-refractivity contribution in [3.63, 3.8) is 0 Å². The molecule has 4 rings (SSSR count). The first kappa shape index (κ1) is 18.7. The zero-order valence-corrected chi connectivity index (χ0v) is 16.2. The molecule has 3 aromatic rings. The van der Waals surface area contributed by atoms with E-state index in [1.54, 1.807) is 24.3 Å². The first-order valence-electron chi connectivity index (χ1n) is 9.49. The van der Waals surface area contributed by atoms with E-state index in [2.05, 4.69) is 15.2 Å². The summed E-state index contributed by atoms with van der Waals surface area (Å²) in [4.78, 5) is 33.2. The topological polar surface area (TPSA) is 74.8 Å². The van der Waals surface area contributed by atoms with Gasteiger partial charge in [0.25, 0.3) is 0 Å². The van der Waals surface area contributed by atoms with Crippen molar-refractivity contribution >= 4 is 34.1 Å². The molecule has 2 heterocycles. The van der Waals surface area contributed by atoms with Gasteiger partial charge in [-0.05, 0) is 36.4 Å². The van der Waals surface area contributed by atoms with Crippen molar-refractivity contribution in [3.05, 3.63) is 60.8 Å². The number of nitrogens with zero attached hydrogens (tertiary/aromatic N) is 3. The summed E-state index contributed by atoms with van der Waals surface area (Å²) in [5.74, 6) is -0.351. The summed E-state index contributed by atoms with van der Waals surface area (Å²) in [5, 5.41) is 3.63. The summed E-state index contributed by atoms with van der Waals surface area (Å²) >= 11 is 0. The lowest BCUT2D eigenvalue weighted by atomic mass is 10.2. The maximum absolute atomic E-state index is 12.6. The smallest absolute Gasteiger partial charge is 0.313 e. The second-order valence-corrected chi connectivity index (χ2v) is 6.81. The number of anilines is 2. The second kappa shape index (κ2) is 8.18. The minimum atomic E-state index is -0.638. The van der Waals surface area contributed by atoms with Crippen LogP contribution in [-0.2, 0) is 9.59 Å². The lowest BCUT2D eigenvalue weighted by Gasteiger charge is -2.35. The molecule has 0 spiro atoms. The Morgan fingerprint density at radius 1 is 0.966 bits per heavy atom. The number of methoxy groups -OCH3 is 1. The van der Waals surface area contributed by atoms with Gasteiger partial charge in [-0.15, -0.1) is 0 Å². The van der Waals surface area contributed by atoms with Gasteiger partial charge in [0.15, 0.2) is 0 Å². The van der Waals surface area contributed by atoms with Crippen LogP contribution >= 0.6 is 0 Å². The van der Waals surface area contributed by atoms with Crippen molar-refractivity contribution in [1.29, 1.82) is 0 Å². The maximum atomic E-state index is 12.6. The van der Waals surface area contributed by atoms with E-state index in [4.69, 9.17) is 4.74 Å². The van der Waals surface area contributed by atoms with Gasteiger partial charge in [-0.3, -0.25) is 14.6 Å². The normalized spacial score (nSPS) is 14.0. The first-order chi connectivity index (χ1) is 14.2. The van der Waals surface area contributed by atoms with Gasteiger partial charge in [0.2, 0.25) is 0 Å². The molecule has 0 radical (unpaired) electrons. The van der Waals surface area contributed by atoms with Crippen LogP contribution in [0, 0.1) is 0 Å². The molecule has 7 heteroatoms. The van der Waals surface area contributed by atoms with Crippen LogP contribution in [0.2, 0.25) is 0 Å². The van der Waals surface area contributed by atoms with Crippen molar-refractivity contribution in [1.82, 2.24) is 9.88 Å². The summed E-state index contributed by atoms with van der Waals surface area (Å²) < 4.78 is 5.19. The molecular formula is C22H22N4O3. The Morgan fingerprint density at radius 3 is 2.41 bits per heavy atom. The number of ether oxygens (including phenoxy) is 1. The summed E-state index contributed by atoms with van der Waals surface area (Å²) in [6, 6.07) is 17.1. The lowest BCUT2D eigenvalue weighted by Crippen LogP contribution is -2.51. The zero-order valence-electron chi connectivity index (χ0n) is 16.2. The quantitative estimate of drug-likeness (QED) is 0.696. The molecule has 0 saturated carbocycles. The molecule has 1 aliphatic rings. The molecule has 7 nitrogen and oxygen atoms in total. The van der Waals surface area contributed by atoms with E-state index in [1.165, 1.54) is 0 Å².